The molecule has 2 saturated heterocycles. The van der Waals surface area contributed by atoms with Gasteiger partial charge in [0.25, 0.3) is 0 Å². The number of piperazine rings is 1. The van der Waals surface area contributed by atoms with Gasteiger partial charge < -0.3 is 29.4 Å². The van der Waals surface area contributed by atoms with E-state index in [9.17, 15) is 15.2 Å². The number of nitriles is 1. The number of anilines is 2. The summed E-state index contributed by atoms with van der Waals surface area (Å²) < 4.78 is 6.28. The van der Waals surface area contributed by atoms with E-state index < -0.39 is 12.1 Å². The number of rotatable bonds is 6. The molecule has 42 heavy (non-hydrogen) atoms. The fraction of sp³-hybridized carbons (Fsp3) is 0.516. The summed E-state index contributed by atoms with van der Waals surface area (Å²) in [5.41, 5.74) is 3.17. The van der Waals surface area contributed by atoms with Crippen molar-refractivity contribution in [1.82, 2.24) is 24.8 Å². The minimum Gasteiger partial charge on any atom is -0.465 e. The molecule has 0 saturated carbocycles. The number of aryl methyl sites for hydroxylation is 1. The van der Waals surface area contributed by atoms with Gasteiger partial charge in [-0.3, -0.25) is 0 Å². The summed E-state index contributed by atoms with van der Waals surface area (Å²) in [7, 11) is 2.12. The second kappa shape index (κ2) is 12.0. The van der Waals surface area contributed by atoms with Crippen LogP contribution in [0.2, 0.25) is 0 Å². The number of likely N-dealkylation sites (tertiary alicyclic amines) is 1. The van der Waals surface area contributed by atoms with Gasteiger partial charge in [-0.05, 0) is 63.2 Å². The topological polar surface area (TPSA) is 122 Å². The second-order valence-corrected chi connectivity index (χ2v) is 11.6. The molecule has 2 fully saturated rings. The van der Waals surface area contributed by atoms with Gasteiger partial charge >= 0.3 is 12.1 Å². The summed E-state index contributed by atoms with van der Waals surface area (Å²) in [6, 6.07) is 10.8. The number of pyridine rings is 1. The van der Waals surface area contributed by atoms with Crippen molar-refractivity contribution >= 4 is 28.5 Å². The average molecular weight is 571 g/mol. The van der Waals surface area contributed by atoms with Crippen LogP contribution in [0.15, 0.2) is 30.5 Å². The number of carboxylic acid groups (broad SMARTS) is 1. The molecule has 220 valence electrons. The van der Waals surface area contributed by atoms with Gasteiger partial charge in [-0.25, -0.2) is 9.78 Å². The molecule has 1 N–H and O–H groups in total. The van der Waals surface area contributed by atoms with E-state index in [0.717, 1.165) is 72.4 Å². The fourth-order valence-corrected chi connectivity index (χ4v) is 6.66. The zero-order chi connectivity index (χ0) is 29.2. The molecule has 2 atom stereocenters. The van der Waals surface area contributed by atoms with Crippen LogP contribution in [0.4, 0.5) is 16.4 Å². The summed E-state index contributed by atoms with van der Waals surface area (Å²) in [6.07, 6.45) is 4.94. The maximum atomic E-state index is 11.9. The molecule has 0 radical (unpaired) electrons. The van der Waals surface area contributed by atoms with Gasteiger partial charge in [0, 0.05) is 49.4 Å². The van der Waals surface area contributed by atoms with Gasteiger partial charge in [0.1, 0.15) is 18.2 Å². The van der Waals surface area contributed by atoms with E-state index in [4.69, 9.17) is 19.7 Å². The van der Waals surface area contributed by atoms with Crippen molar-refractivity contribution in [3.8, 4) is 12.1 Å². The van der Waals surface area contributed by atoms with Crippen molar-refractivity contribution < 1.29 is 14.6 Å². The predicted molar refractivity (Wildman–Crippen MR) is 160 cm³/mol. The first-order chi connectivity index (χ1) is 20.4. The number of nitrogens with zero attached hydrogens (tertiary/aromatic N) is 8. The molecule has 0 aliphatic carbocycles. The molecule has 6 rings (SSSR count). The lowest BCUT2D eigenvalue weighted by molar-refractivity contribution is 0.119. The van der Waals surface area contributed by atoms with E-state index in [1.165, 1.54) is 10.5 Å². The lowest BCUT2D eigenvalue weighted by Crippen LogP contribution is -2.55. The molecule has 11 nitrogen and oxygen atoms in total. The van der Waals surface area contributed by atoms with Gasteiger partial charge in [0.05, 0.1) is 30.8 Å². The van der Waals surface area contributed by atoms with Crippen LogP contribution in [0.5, 0.6) is 6.01 Å². The largest absolute Gasteiger partial charge is 0.465 e. The molecule has 0 unspecified atom stereocenters. The highest BCUT2D eigenvalue weighted by atomic mass is 16.5. The van der Waals surface area contributed by atoms with Crippen molar-refractivity contribution in [2.24, 2.45) is 0 Å². The van der Waals surface area contributed by atoms with E-state index in [1.807, 2.05) is 6.20 Å². The Morgan fingerprint density at radius 3 is 2.76 bits per heavy atom. The lowest BCUT2D eigenvalue weighted by Gasteiger charge is -2.40. The predicted octanol–water partition coefficient (Wildman–Crippen LogP) is 3.84. The number of likely N-dealkylation sites (N-methyl/N-ethyl adjacent to an activating group) is 1. The quantitative estimate of drug-likeness (QED) is 0.468. The Hall–Kier alpha value is -4.17. The molecular weight excluding hydrogens is 532 g/mol. The van der Waals surface area contributed by atoms with Crippen LogP contribution < -0.4 is 14.5 Å². The summed E-state index contributed by atoms with van der Waals surface area (Å²) >= 11 is 0. The highest BCUT2D eigenvalue weighted by Crippen LogP contribution is 2.34. The van der Waals surface area contributed by atoms with Crippen LogP contribution in [0, 0.1) is 18.3 Å². The number of ether oxygens (including phenoxy) is 1. The third-order valence-corrected chi connectivity index (χ3v) is 8.96. The van der Waals surface area contributed by atoms with Crippen LogP contribution >= 0.6 is 0 Å². The van der Waals surface area contributed by atoms with Gasteiger partial charge in [-0.2, -0.15) is 15.2 Å². The Morgan fingerprint density at radius 1 is 1.10 bits per heavy atom. The van der Waals surface area contributed by atoms with E-state index in [0.29, 0.717) is 44.8 Å². The third kappa shape index (κ3) is 5.51. The highest BCUT2D eigenvalue weighted by Gasteiger charge is 2.34. The Bertz CT molecular complexity index is 1500. The lowest BCUT2D eigenvalue weighted by atomic mass is 10.1. The first-order valence-electron chi connectivity index (χ1n) is 14.9. The molecule has 0 bridgehead atoms. The number of carbonyl (C=O) groups is 1. The SMILES string of the molecule is Cc1cccc2ccnc(N3CCCc4c(nc(OC[C@@H]5CCCN5C)nc4N4CCN(C(=O)O)[C@@H](CC#N)C4)C3)c12. The maximum absolute atomic E-state index is 11.9. The molecule has 3 aliphatic heterocycles. The number of amides is 1. The fourth-order valence-electron chi connectivity index (χ4n) is 6.66. The summed E-state index contributed by atoms with van der Waals surface area (Å²) in [4.78, 5) is 34.8. The van der Waals surface area contributed by atoms with E-state index >= 15 is 0 Å². The van der Waals surface area contributed by atoms with E-state index in [2.05, 4.69) is 59.0 Å². The van der Waals surface area contributed by atoms with Crippen molar-refractivity contribution in [3.05, 3.63) is 47.3 Å². The molecule has 2 aromatic heterocycles. The Morgan fingerprint density at radius 2 is 1.98 bits per heavy atom. The molecule has 1 aromatic carbocycles. The number of benzene rings is 1. The highest BCUT2D eigenvalue weighted by molar-refractivity contribution is 5.94. The maximum Gasteiger partial charge on any atom is 0.407 e. The molecule has 3 aromatic rings. The van der Waals surface area contributed by atoms with Gasteiger partial charge in [-0.15, -0.1) is 0 Å². The zero-order valence-corrected chi connectivity index (χ0v) is 24.4. The smallest absolute Gasteiger partial charge is 0.407 e. The monoisotopic (exact) mass is 570 g/mol. The summed E-state index contributed by atoms with van der Waals surface area (Å²) in [6.45, 7) is 6.31. The number of aromatic nitrogens is 3. The van der Waals surface area contributed by atoms with Crippen LogP contribution in [-0.4, -0.2) is 94.4 Å². The van der Waals surface area contributed by atoms with Crippen LogP contribution in [0.3, 0.4) is 0 Å². The van der Waals surface area contributed by atoms with Gasteiger partial charge in [0.15, 0.2) is 0 Å². The Kier molecular flexibility index (Phi) is 7.98. The molecular formula is C31H38N8O3. The van der Waals surface area contributed by atoms with Crippen LogP contribution in [0.1, 0.15) is 42.5 Å². The minimum atomic E-state index is -0.991. The van der Waals surface area contributed by atoms with Gasteiger partial charge in [-0.1, -0.05) is 18.2 Å². The Balaban J connectivity index is 1.37. The van der Waals surface area contributed by atoms with Crippen LogP contribution in [0.25, 0.3) is 10.8 Å². The summed E-state index contributed by atoms with van der Waals surface area (Å²) in [5.74, 6) is 1.75. The summed E-state index contributed by atoms with van der Waals surface area (Å²) in [5, 5.41) is 21.5. The first kappa shape index (κ1) is 28.0. The number of hydrogen-bond donors (Lipinski definition) is 1. The van der Waals surface area contributed by atoms with Crippen molar-refractivity contribution in [2.75, 3.05) is 56.2 Å². The van der Waals surface area contributed by atoms with Crippen molar-refractivity contribution in [2.45, 2.75) is 57.7 Å². The molecule has 11 heteroatoms. The molecule has 3 aliphatic rings. The third-order valence-electron chi connectivity index (χ3n) is 8.96. The number of hydrogen-bond acceptors (Lipinski definition) is 9. The molecule has 1 amide bonds. The first-order valence-corrected chi connectivity index (χ1v) is 14.9. The Labute approximate surface area is 246 Å². The number of fused-ring (bicyclic) bond motifs is 2. The normalized spacial score (nSPS) is 21.2. The molecule has 5 heterocycles. The van der Waals surface area contributed by atoms with Crippen molar-refractivity contribution in [3.63, 3.8) is 0 Å². The van der Waals surface area contributed by atoms with Crippen LogP contribution in [-0.2, 0) is 13.0 Å². The second-order valence-electron chi connectivity index (χ2n) is 11.6. The van der Waals surface area contributed by atoms with E-state index in [1.54, 1.807) is 0 Å². The van der Waals surface area contributed by atoms with E-state index in [-0.39, 0.29) is 6.42 Å². The molecule has 0 spiro atoms. The van der Waals surface area contributed by atoms with Gasteiger partial charge in [0.2, 0.25) is 0 Å². The standard InChI is InChI=1S/C31H38N8O3/c1-21-6-3-7-22-11-13-33-29(27(21)22)37-15-5-9-25-26(19-37)34-30(42-20-24-8-4-14-36(24)2)35-28(25)38-16-17-39(31(40)41)23(18-38)10-12-32/h3,6-7,11,13,23-24H,4-5,8-10,14-20H2,1-2H3,(H,40,41)/t23-,24-/m0/s1. The van der Waals surface area contributed by atoms with Crippen molar-refractivity contribution in [1.29, 1.82) is 5.26 Å². The zero-order valence-electron chi connectivity index (χ0n) is 24.4. The average Bonchev–Trinajstić information content (AvgIpc) is 3.27. The minimum absolute atomic E-state index is 0.132.